The van der Waals surface area contributed by atoms with E-state index in [0.29, 0.717) is 50.0 Å². The SMILES string of the molecule is COC(CC1CC[C@@H](C)[C@](O)(C(=O)C(=O)N2CCCCC2C(=O)O)O1)/C(C)=C/C=C/C=C/C(C)CC(C)C(=O)[C@H](OC)C(O)/C(C)=C/C(I)C(=O)/C=C/C(C)C[C@@H]1CC[C@H](n2cnnn2)[C@H](OC)C1. The second kappa shape index (κ2) is 27.7. The van der Waals surface area contributed by atoms with Crippen molar-refractivity contribution in [3.8, 4) is 0 Å². The number of piperidine rings is 1. The summed E-state index contributed by atoms with van der Waals surface area (Å²) in [5, 5.41) is 44.0. The number of carboxylic acids is 1. The van der Waals surface area contributed by atoms with Crippen molar-refractivity contribution in [2.24, 2.45) is 29.6 Å². The minimum Gasteiger partial charge on any atom is -0.480 e. The standard InChI is InChI=1S/C51H76IN5O12/c1-31(15-11-10-12-16-33(3)43(66-7)29-38-21-19-36(6)51(65,69-38)48(61)49(62)56-24-14-13-17-41(56)50(63)64)25-34(4)45(59)47(68-9)46(60)35(5)27-39(52)42(58)23-18-32(2)26-37-20-22-40(44(28-37)67-8)57-30-53-54-55-57/h10-12,15-16,18,23,27,30-32,34,36-41,43-44,46-47,60,65H,13-14,17,19-22,24-26,28-29H2,1-9H3,(H,63,64)/b12-10+,15-11+,23-18+,33-16+,35-27+/t31?,32?,34?,36-,37+,38?,39?,40+,41?,43?,44-,46?,47+,51-/m1/s1. The van der Waals surface area contributed by atoms with Crippen molar-refractivity contribution in [2.45, 2.75) is 164 Å². The van der Waals surface area contributed by atoms with E-state index in [4.69, 9.17) is 18.9 Å². The molecule has 3 heterocycles. The first-order chi connectivity index (χ1) is 32.7. The molecule has 1 amide bonds. The molecule has 2 aliphatic heterocycles. The molecule has 0 aromatic carbocycles. The fourth-order valence-corrected chi connectivity index (χ4v) is 10.7. The maximum atomic E-state index is 13.6. The van der Waals surface area contributed by atoms with Gasteiger partial charge in [0.05, 0.1) is 28.3 Å². The number of allylic oxidation sites excluding steroid dienone is 8. The second-order valence-electron chi connectivity index (χ2n) is 19.4. The molecule has 0 spiro atoms. The third kappa shape index (κ3) is 16.1. The van der Waals surface area contributed by atoms with Crippen LogP contribution in [-0.2, 0) is 42.9 Å². The summed E-state index contributed by atoms with van der Waals surface area (Å²) in [5.41, 5.74) is 1.34. The summed E-state index contributed by atoms with van der Waals surface area (Å²) in [6.07, 6.45) is 20.0. The highest BCUT2D eigenvalue weighted by atomic mass is 127. The van der Waals surface area contributed by atoms with Crippen LogP contribution >= 0.6 is 22.6 Å². The lowest BCUT2D eigenvalue weighted by molar-refractivity contribution is -0.265. The van der Waals surface area contributed by atoms with Crippen LogP contribution in [0, 0.1) is 29.6 Å². The van der Waals surface area contributed by atoms with Crippen molar-refractivity contribution < 1.29 is 58.2 Å². The van der Waals surface area contributed by atoms with Gasteiger partial charge in [-0.3, -0.25) is 19.2 Å². The number of aliphatic carboxylic acids is 1. The lowest BCUT2D eigenvalue weighted by Crippen LogP contribution is -2.60. The fourth-order valence-electron chi connectivity index (χ4n) is 9.88. The van der Waals surface area contributed by atoms with Gasteiger partial charge in [0.15, 0.2) is 11.6 Å². The lowest BCUT2D eigenvalue weighted by atomic mass is 9.79. The molecule has 3 aliphatic rings. The van der Waals surface area contributed by atoms with E-state index in [1.165, 1.54) is 7.11 Å². The van der Waals surface area contributed by atoms with Crippen molar-refractivity contribution in [3.63, 3.8) is 0 Å². The zero-order valence-corrected chi connectivity index (χ0v) is 44.0. The van der Waals surface area contributed by atoms with Gasteiger partial charge in [0.1, 0.15) is 24.6 Å². The van der Waals surface area contributed by atoms with Gasteiger partial charge in [0.25, 0.3) is 11.7 Å². The van der Waals surface area contributed by atoms with Gasteiger partial charge in [-0.25, -0.2) is 9.48 Å². The van der Waals surface area contributed by atoms with Crippen LogP contribution in [0.4, 0.5) is 0 Å². The maximum Gasteiger partial charge on any atom is 0.326 e. The number of hydrogen-bond acceptors (Lipinski definition) is 14. The monoisotopic (exact) mass is 1080 g/mol. The highest BCUT2D eigenvalue weighted by Crippen LogP contribution is 2.38. The van der Waals surface area contributed by atoms with Crippen LogP contribution in [0.1, 0.15) is 118 Å². The summed E-state index contributed by atoms with van der Waals surface area (Å²) in [6.45, 7) is 11.3. The first kappa shape index (κ1) is 57.8. The molecule has 0 radical (unpaired) electrons. The predicted molar refractivity (Wildman–Crippen MR) is 267 cm³/mol. The van der Waals surface area contributed by atoms with E-state index in [1.54, 1.807) is 51.2 Å². The van der Waals surface area contributed by atoms with E-state index in [2.05, 4.69) is 22.4 Å². The summed E-state index contributed by atoms with van der Waals surface area (Å²) in [7, 11) is 4.67. The Morgan fingerprint density at radius 1 is 0.928 bits per heavy atom. The number of ketones is 3. The fraction of sp³-hybridized carbons (Fsp3) is 0.686. The van der Waals surface area contributed by atoms with Crippen LogP contribution in [0.2, 0.25) is 0 Å². The van der Waals surface area contributed by atoms with Gasteiger partial charge in [0.2, 0.25) is 5.79 Å². The Kier molecular flexibility index (Phi) is 23.2. The first-order valence-electron chi connectivity index (χ1n) is 24.3. The summed E-state index contributed by atoms with van der Waals surface area (Å²) < 4.78 is 24.3. The Morgan fingerprint density at radius 3 is 2.32 bits per heavy atom. The summed E-state index contributed by atoms with van der Waals surface area (Å²) in [6, 6.07) is -1.01. The van der Waals surface area contributed by atoms with Gasteiger partial charge in [-0.15, -0.1) is 5.10 Å². The number of alkyl halides is 1. The molecule has 3 fully saturated rings. The number of hydrogen-bond donors (Lipinski definition) is 3. The van der Waals surface area contributed by atoms with Gasteiger partial charge in [-0.2, -0.15) is 0 Å². The zero-order chi connectivity index (χ0) is 51.0. The number of ether oxygens (including phenoxy) is 4. The van der Waals surface area contributed by atoms with E-state index in [0.717, 1.165) is 36.2 Å². The highest BCUT2D eigenvalue weighted by Gasteiger charge is 2.53. The Morgan fingerprint density at radius 2 is 1.67 bits per heavy atom. The molecule has 8 unspecified atom stereocenters. The number of halogens is 1. The number of rotatable bonds is 25. The molecule has 1 aromatic heterocycles. The lowest BCUT2D eigenvalue weighted by Gasteiger charge is -2.42. The summed E-state index contributed by atoms with van der Waals surface area (Å²) in [5.74, 6) is -6.55. The molecule has 14 atom stereocenters. The van der Waals surface area contributed by atoms with E-state index < -0.39 is 69.7 Å². The smallest absolute Gasteiger partial charge is 0.326 e. The number of likely N-dealkylation sites (tertiary alicyclic amines) is 1. The molecule has 69 heavy (non-hydrogen) atoms. The summed E-state index contributed by atoms with van der Waals surface area (Å²) in [4.78, 5) is 66.3. The van der Waals surface area contributed by atoms with Gasteiger partial charge < -0.3 is 39.2 Å². The molecule has 1 saturated carbocycles. The molecular formula is C51H76IN5O12. The Balaban J connectivity index is 1.24. The van der Waals surface area contributed by atoms with Crippen LogP contribution < -0.4 is 0 Å². The third-order valence-corrected chi connectivity index (χ3v) is 15.1. The number of aliphatic hydroxyl groups excluding tert-OH is 1. The van der Waals surface area contributed by atoms with Gasteiger partial charge in [-0.1, -0.05) is 92.8 Å². The number of nitrogens with zero attached hydrogens (tertiary/aromatic N) is 5. The van der Waals surface area contributed by atoms with Crippen LogP contribution in [0.15, 0.2) is 66.1 Å². The number of carbonyl (C=O) groups is 5. The number of aromatic nitrogens is 4. The largest absolute Gasteiger partial charge is 0.480 e. The highest BCUT2D eigenvalue weighted by molar-refractivity contribution is 14.1. The second-order valence-corrected chi connectivity index (χ2v) is 20.8. The average Bonchev–Trinajstić information content (AvgIpc) is 3.88. The minimum absolute atomic E-state index is 0.0137. The minimum atomic E-state index is -2.38. The molecule has 17 nitrogen and oxygen atoms in total. The van der Waals surface area contributed by atoms with Crippen molar-refractivity contribution in [2.75, 3.05) is 27.9 Å². The van der Waals surface area contributed by atoms with E-state index in [1.807, 2.05) is 79.8 Å². The Bertz CT molecular complexity index is 2020. The molecule has 0 bridgehead atoms. The van der Waals surface area contributed by atoms with Crippen molar-refractivity contribution in [1.82, 2.24) is 25.1 Å². The van der Waals surface area contributed by atoms with E-state index in [9.17, 15) is 39.3 Å². The maximum absolute atomic E-state index is 13.6. The van der Waals surface area contributed by atoms with Gasteiger partial charge in [-0.05, 0) is 123 Å². The van der Waals surface area contributed by atoms with Crippen molar-refractivity contribution >= 4 is 51.8 Å². The molecule has 2 saturated heterocycles. The molecule has 384 valence electrons. The van der Waals surface area contributed by atoms with Crippen molar-refractivity contribution in [3.05, 3.63) is 66.1 Å². The average molecular weight is 1080 g/mol. The molecule has 1 aliphatic carbocycles. The quantitative estimate of drug-likeness (QED) is 0.0236. The van der Waals surface area contributed by atoms with Crippen LogP contribution in [0.5, 0.6) is 0 Å². The number of amides is 1. The van der Waals surface area contributed by atoms with E-state index >= 15 is 0 Å². The molecule has 1 aromatic rings. The van der Waals surface area contributed by atoms with Crippen LogP contribution in [0.25, 0.3) is 0 Å². The number of Topliss-reactive ketones (excluding diaryl/α,β-unsaturated/α-hetero) is 2. The number of tetrazole rings is 1. The number of methoxy groups -OCH3 is 3. The molecule has 4 rings (SSSR count). The zero-order valence-electron chi connectivity index (χ0n) is 41.8. The Hall–Kier alpha value is -3.79. The molecule has 18 heteroatoms. The van der Waals surface area contributed by atoms with Crippen molar-refractivity contribution in [1.29, 1.82) is 0 Å². The number of aliphatic hydroxyl groups is 2. The Labute approximate surface area is 421 Å². The first-order valence-corrected chi connectivity index (χ1v) is 25.6. The normalized spacial score (nSPS) is 28.3. The van der Waals surface area contributed by atoms with Gasteiger partial charge >= 0.3 is 5.97 Å². The molecule has 3 N–H and O–H groups in total. The predicted octanol–water partition coefficient (Wildman–Crippen LogP) is 6.54. The van der Waals surface area contributed by atoms with E-state index in [-0.39, 0.29) is 48.5 Å². The number of carbonyl (C=O) groups excluding carboxylic acids is 4. The van der Waals surface area contributed by atoms with Gasteiger partial charge in [0, 0.05) is 46.1 Å². The van der Waals surface area contributed by atoms with Crippen LogP contribution in [-0.4, -0.2) is 144 Å². The topological polar surface area (TPSA) is 230 Å². The summed E-state index contributed by atoms with van der Waals surface area (Å²) >= 11 is 2.05. The van der Waals surface area contributed by atoms with Crippen LogP contribution in [0.3, 0.4) is 0 Å². The molecular weight excluding hydrogens is 1000 g/mol. The number of carboxylic acid groups (broad SMARTS) is 1. The third-order valence-electron chi connectivity index (χ3n) is 14.1.